The van der Waals surface area contributed by atoms with E-state index in [1.54, 1.807) is 41.4 Å². The second kappa shape index (κ2) is 5.76. The first kappa shape index (κ1) is 14.9. The van der Waals surface area contributed by atoms with Gasteiger partial charge in [-0.05, 0) is 35.6 Å². The van der Waals surface area contributed by atoms with Crippen LogP contribution in [-0.4, -0.2) is 28.2 Å². The van der Waals surface area contributed by atoms with Gasteiger partial charge in [-0.15, -0.1) is 11.3 Å². The number of benzene rings is 1. The molecule has 0 atom stereocenters. The van der Waals surface area contributed by atoms with Crippen LogP contribution >= 0.6 is 11.3 Å². The van der Waals surface area contributed by atoms with E-state index in [9.17, 15) is 9.59 Å². The molecule has 3 aromatic rings. The number of nitrogens with one attached hydrogen (secondary N) is 1. The number of aryl methyl sites for hydroxylation is 1. The van der Waals surface area contributed by atoms with Gasteiger partial charge >= 0.3 is 11.8 Å². The molecule has 24 heavy (non-hydrogen) atoms. The fraction of sp³-hybridized carbons (Fsp3) is 0.235. The molecule has 4 rings (SSSR count). The summed E-state index contributed by atoms with van der Waals surface area (Å²) < 4.78 is 5.44. The van der Waals surface area contributed by atoms with E-state index in [-0.39, 0.29) is 0 Å². The van der Waals surface area contributed by atoms with Crippen LogP contribution in [0.5, 0.6) is 0 Å². The van der Waals surface area contributed by atoms with E-state index in [2.05, 4.69) is 10.3 Å². The Bertz CT molecular complexity index is 944. The monoisotopic (exact) mass is 341 g/mol. The zero-order valence-corrected chi connectivity index (χ0v) is 13.9. The summed E-state index contributed by atoms with van der Waals surface area (Å²) in [6, 6.07) is 7.15. The summed E-state index contributed by atoms with van der Waals surface area (Å²) >= 11 is 1.70. The van der Waals surface area contributed by atoms with E-state index in [1.807, 2.05) is 11.4 Å². The van der Waals surface area contributed by atoms with Crippen LogP contribution in [0.1, 0.15) is 16.3 Å². The Morgan fingerprint density at radius 1 is 1.33 bits per heavy atom. The zero-order valence-electron chi connectivity index (χ0n) is 13.0. The predicted octanol–water partition coefficient (Wildman–Crippen LogP) is 2.72. The lowest BCUT2D eigenvalue weighted by Crippen LogP contribution is -2.42. The molecule has 2 amide bonds. The summed E-state index contributed by atoms with van der Waals surface area (Å²) in [6.45, 7) is 2.82. The zero-order chi connectivity index (χ0) is 16.7. The Kier molecular flexibility index (Phi) is 3.57. The number of rotatable bonds is 1. The van der Waals surface area contributed by atoms with Crippen LogP contribution in [0.25, 0.3) is 11.1 Å². The minimum Gasteiger partial charge on any atom is -0.441 e. The molecule has 0 radical (unpaired) electrons. The maximum Gasteiger partial charge on any atom is 0.313 e. The van der Waals surface area contributed by atoms with Crippen molar-refractivity contribution in [3.63, 3.8) is 0 Å². The van der Waals surface area contributed by atoms with Crippen molar-refractivity contribution in [2.75, 3.05) is 11.9 Å². The Balaban J connectivity index is 1.47. The average Bonchev–Trinajstić information content (AvgIpc) is 3.17. The standard InChI is InChI=1S/C17H15N3O3S/c1-10-18-13-3-2-12(8-14(13)23-10)19-16(21)17(22)20-6-4-15-11(9-20)5-7-24-15/h2-3,5,7-8H,4,6,9H2,1H3,(H,19,21). The molecule has 0 saturated heterocycles. The van der Waals surface area contributed by atoms with Crippen LogP contribution in [0, 0.1) is 6.92 Å². The van der Waals surface area contributed by atoms with Gasteiger partial charge in [-0.25, -0.2) is 4.98 Å². The van der Waals surface area contributed by atoms with E-state index in [0.717, 1.165) is 17.5 Å². The van der Waals surface area contributed by atoms with E-state index in [0.29, 0.717) is 30.3 Å². The largest absolute Gasteiger partial charge is 0.441 e. The number of aromatic nitrogens is 1. The molecular weight excluding hydrogens is 326 g/mol. The molecule has 7 heteroatoms. The number of hydrogen-bond donors (Lipinski definition) is 1. The van der Waals surface area contributed by atoms with Crippen LogP contribution in [0.2, 0.25) is 0 Å². The number of fused-ring (bicyclic) bond motifs is 2. The number of hydrogen-bond acceptors (Lipinski definition) is 5. The van der Waals surface area contributed by atoms with Gasteiger partial charge < -0.3 is 14.6 Å². The van der Waals surface area contributed by atoms with Gasteiger partial charge in [0.1, 0.15) is 5.52 Å². The molecule has 0 bridgehead atoms. The maximum absolute atomic E-state index is 12.4. The Morgan fingerprint density at radius 2 is 2.21 bits per heavy atom. The summed E-state index contributed by atoms with van der Waals surface area (Å²) in [5, 5.41) is 4.66. The number of anilines is 1. The van der Waals surface area contributed by atoms with Crippen molar-refractivity contribution in [2.45, 2.75) is 19.9 Å². The molecule has 2 aromatic heterocycles. The Morgan fingerprint density at radius 3 is 3.08 bits per heavy atom. The Labute approximate surface area is 142 Å². The van der Waals surface area contributed by atoms with Crippen molar-refractivity contribution in [3.05, 3.63) is 46.0 Å². The second-order valence-corrected chi connectivity index (χ2v) is 6.72. The van der Waals surface area contributed by atoms with Crippen LogP contribution < -0.4 is 5.32 Å². The van der Waals surface area contributed by atoms with E-state index >= 15 is 0 Å². The molecule has 6 nitrogen and oxygen atoms in total. The van der Waals surface area contributed by atoms with Gasteiger partial charge in [0, 0.05) is 36.6 Å². The maximum atomic E-state index is 12.4. The summed E-state index contributed by atoms with van der Waals surface area (Å²) in [5.74, 6) is -0.589. The van der Waals surface area contributed by atoms with Gasteiger partial charge in [-0.1, -0.05) is 0 Å². The van der Waals surface area contributed by atoms with Crippen molar-refractivity contribution in [3.8, 4) is 0 Å². The topological polar surface area (TPSA) is 75.4 Å². The van der Waals surface area contributed by atoms with Crippen molar-refractivity contribution in [2.24, 2.45) is 0 Å². The summed E-state index contributed by atoms with van der Waals surface area (Å²) in [7, 11) is 0. The molecule has 0 unspecified atom stereocenters. The average molecular weight is 341 g/mol. The molecule has 1 aliphatic heterocycles. The van der Waals surface area contributed by atoms with Crippen LogP contribution in [0.3, 0.4) is 0 Å². The number of oxazole rings is 1. The number of carbonyl (C=O) groups is 2. The molecule has 0 aliphatic carbocycles. The second-order valence-electron chi connectivity index (χ2n) is 5.72. The third-order valence-electron chi connectivity index (χ3n) is 4.04. The minimum atomic E-state index is -0.635. The van der Waals surface area contributed by atoms with E-state index in [4.69, 9.17) is 4.42 Å². The van der Waals surface area contributed by atoms with Gasteiger partial charge in [-0.2, -0.15) is 0 Å². The molecule has 0 saturated carbocycles. The number of carbonyl (C=O) groups excluding carboxylic acids is 2. The van der Waals surface area contributed by atoms with E-state index < -0.39 is 11.8 Å². The number of nitrogens with zero attached hydrogens (tertiary/aromatic N) is 2. The summed E-state index contributed by atoms with van der Waals surface area (Å²) in [5.41, 5.74) is 2.95. The van der Waals surface area contributed by atoms with E-state index in [1.165, 1.54) is 4.88 Å². The smallest absolute Gasteiger partial charge is 0.313 e. The molecule has 1 aliphatic rings. The third kappa shape index (κ3) is 2.67. The van der Waals surface area contributed by atoms with Crippen LogP contribution in [0.4, 0.5) is 5.69 Å². The first-order chi connectivity index (χ1) is 11.6. The lowest BCUT2D eigenvalue weighted by molar-refractivity contribution is -0.143. The number of thiophene rings is 1. The summed E-state index contributed by atoms with van der Waals surface area (Å²) in [6.07, 6.45) is 0.801. The minimum absolute atomic E-state index is 0.491. The molecule has 1 aromatic carbocycles. The van der Waals surface area contributed by atoms with Crippen molar-refractivity contribution in [1.29, 1.82) is 0 Å². The van der Waals surface area contributed by atoms with Crippen LogP contribution in [-0.2, 0) is 22.6 Å². The normalized spacial score (nSPS) is 13.8. The van der Waals surface area contributed by atoms with Gasteiger partial charge in [0.05, 0.1) is 0 Å². The summed E-state index contributed by atoms with van der Waals surface area (Å²) in [4.78, 5) is 31.7. The number of amides is 2. The first-order valence-electron chi connectivity index (χ1n) is 7.63. The molecule has 0 spiro atoms. The van der Waals surface area contributed by atoms with Gasteiger partial charge in [0.25, 0.3) is 0 Å². The van der Waals surface area contributed by atoms with Gasteiger partial charge in [-0.3, -0.25) is 9.59 Å². The van der Waals surface area contributed by atoms with Crippen molar-refractivity contribution >= 4 is 39.9 Å². The first-order valence-corrected chi connectivity index (χ1v) is 8.51. The highest BCUT2D eigenvalue weighted by atomic mass is 32.1. The van der Waals surface area contributed by atoms with Crippen LogP contribution in [0.15, 0.2) is 34.1 Å². The lowest BCUT2D eigenvalue weighted by Gasteiger charge is -2.26. The van der Waals surface area contributed by atoms with Gasteiger partial charge in [0.2, 0.25) is 0 Å². The fourth-order valence-corrected chi connectivity index (χ4v) is 3.76. The predicted molar refractivity (Wildman–Crippen MR) is 90.8 cm³/mol. The highest BCUT2D eigenvalue weighted by Crippen LogP contribution is 2.24. The highest BCUT2D eigenvalue weighted by Gasteiger charge is 2.26. The molecule has 0 fully saturated rings. The molecule has 1 N–H and O–H groups in total. The van der Waals surface area contributed by atoms with Crippen molar-refractivity contribution in [1.82, 2.24) is 9.88 Å². The van der Waals surface area contributed by atoms with Gasteiger partial charge in [0.15, 0.2) is 11.5 Å². The fourth-order valence-electron chi connectivity index (χ4n) is 2.87. The molecule has 3 heterocycles. The molecule has 122 valence electrons. The quantitative estimate of drug-likeness (QED) is 0.691. The highest BCUT2D eigenvalue weighted by molar-refractivity contribution is 7.10. The third-order valence-corrected chi connectivity index (χ3v) is 5.07. The SMILES string of the molecule is Cc1nc2ccc(NC(=O)C(=O)N3CCc4sccc4C3)cc2o1. The van der Waals surface area contributed by atoms with Crippen molar-refractivity contribution < 1.29 is 14.0 Å². The molecular formula is C17H15N3O3S. The lowest BCUT2D eigenvalue weighted by atomic mass is 10.1. The Hall–Kier alpha value is -2.67.